The summed E-state index contributed by atoms with van der Waals surface area (Å²) in [5, 5.41) is 39.7. The molecule has 3 aromatic heterocycles. The number of aromatic nitrogens is 4. The first kappa shape index (κ1) is 45.3. The highest BCUT2D eigenvalue weighted by molar-refractivity contribution is 5.99. The molecule has 354 valence electrons. The van der Waals surface area contributed by atoms with Crippen LogP contribution in [-0.2, 0) is 4.74 Å². The summed E-state index contributed by atoms with van der Waals surface area (Å²) < 4.78 is 77.2. The monoisotopic (exact) mass is 956 g/mol. The van der Waals surface area contributed by atoms with Gasteiger partial charge in [0.2, 0.25) is 29.0 Å². The average Bonchev–Trinajstić information content (AvgIpc) is 4.26. The average molecular weight is 957 g/mol. The molecule has 8 aromatic rings. The SMILES string of the molecule is OC1O[C@H](COc2c(F)c(F)c(Oc3ccc(-c4c5nc(c(-c6ccccc6)c6ccc([nH]6)c(-c6ccccc6)c6nc(c(-c7ccccc7)c7ccc4[nH]7)C=C6)C=C5)cc3)c(F)c2F)[C@H](O)[C@H](O)[C@H]1O. The molecule has 8 bridgehead atoms. The molecule has 3 aliphatic rings. The molecule has 0 spiro atoms. The van der Waals surface area contributed by atoms with Gasteiger partial charge in [-0.25, -0.2) is 9.97 Å². The zero-order valence-electron chi connectivity index (χ0n) is 37.1. The van der Waals surface area contributed by atoms with Gasteiger partial charge >= 0.3 is 0 Å². The second-order valence-electron chi connectivity index (χ2n) is 17.0. The van der Waals surface area contributed by atoms with Gasteiger partial charge in [0, 0.05) is 44.3 Å². The second kappa shape index (κ2) is 18.6. The molecule has 3 aliphatic heterocycles. The number of nitrogens with zero attached hydrogens (tertiary/aromatic N) is 2. The highest BCUT2D eigenvalue weighted by Crippen LogP contribution is 2.41. The molecule has 0 radical (unpaired) electrons. The van der Waals surface area contributed by atoms with E-state index in [4.69, 9.17) is 24.2 Å². The van der Waals surface area contributed by atoms with Crippen molar-refractivity contribution in [3.05, 3.63) is 186 Å². The first-order chi connectivity index (χ1) is 34.5. The van der Waals surface area contributed by atoms with Gasteiger partial charge in [-0.1, -0.05) is 103 Å². The van der Waals surface area contributed by atoms with E-state index in [1.54, 1.807) is 12.1 Å². The van der Waals surface area contributed by atoms with Crippen molar-refractivity contribution in [1.82, 2.24) is 19.9 Å². The molecule has 6 heterocycles. The van der Waals surface area contributed by atoms with E-state index >= 15 is 17.6 Å². The van der Waals surface area contributed by atoms with Crippen molar-refractivity contribution in [3.63, 3.8) is 0 Å². The van der Waals surface area contributed by atoms with Crippen molar-refractivity contribution < 1.29 is 52.2 Å². The lowest BCUT2D eigenvalue weighted by Gasteiger charge is -2.38. The zero-order valence-corrected chi connectivity index (χ0v) is 37.1. The van der Waals surface area contributed by atoms with E-state index in [-0.39, 0.29) is 5.75 Å². The topological polar surface area (TPSA) is 166 Å². The summed E-state index contributed by atoms with van der Waals surface area (Å²) in [6.07, 6.45) is -1.44. The molecule has 5 atom stereocenters. The van der Waals surface area contributed by atoms with E-state index in [0.29, 0.717) is 28.0 Å². The first-order valence-electron chi connectivity index (χ1n) is 22.5. The number of hydrogen-bond acceptors (Lipinski definition) is 9. The lowest BCUT2D eigenvalue weighted by Crippen LogP contribution is -2.58. The molecule has 0 saturated carbocycles. The molecular formula is C56H40F4N4O7. The van der Waals surface area contributed by atoms with Crippen molar-refractivity contribution in [2.75, 3.05) is 6.61 Å². The fraction of sp³-hybridized carbons (Fsp3) is 0.107. The highest BCUT2D eigenvalue weighted by Gasteiger charge is 2.44. The van der Waals surface area contributed by atoms with Crippen LogP contribution in [0.15, 0.2) is 140 Å². The molecule has 6 N–H and O–H groups in total. The lowest BCUT2D eigenvalue weighted by atomic mass is 9.99. The summed E-state index contributed by atoms with van der Waals surface area (Å²) in [7, 11) is 0. The van der Waals surface area contributed by atoms with Crippen LogP contribution in [0.1, 0.15) is 22.8 Å². The van der Waals surface area contributed by atoms with E-state index < -0.39 is 72.1 Å². The number of aliphatic hydroxyl groups is 4. The molecule has 11 rings (SSSR count). The Kier molecular flexibility index (Phi) is 11.9. The summed E-state index contributed by atoms with van der Waals surface area (Å²) in [5.41, 5.74) is 12.5. The second-order valence-corrected chi connectivity index (χ2v) is 17.0. The molecule has 71 heavy (non-hydrogen) atoms. The Hall–Kier alpha value is -8.18. The van der Waals surface area contributed by atoms with Gasteiger partial charge in [0.05, 0.1) is 22.8 Å². The molecule has 0 aliphatic carbocycles. The Labute approximate surface area is 401 Å². The predicted molar refractivity (Wildman–Crippen MR) is 261 cm³/mol. The number of rotatable bonds is 9. The third kappa shape index (κ3) is 8.34. The van der Waals surface area contributed by atoms with Crippen LogP contribution in [-0.4, -0.2) is 77.7 Å². The molecule has 11 nitrogen and oxygen atoms in total. The summed E-state index contributed by atoms with van der Waals surface area (Å²) in [6, 6.07) is 43.9. The van der Waals surface area contributed by atoms with Crippen LogP contribution in [0.25, 0.3) is 90.9 Å². The van der Waals surface area contributed by atoms with Crippen molar-refractivity contribution in [3.8, 4) is 61.8 Å². The van der Waals surface area contributed by atoms with Crippen molar-refractivity contribution in [2.45, 2.75) is 30.7 Å². The summed E-state index contributed by atoms with van der Waals surface area (Å²) in [4.78, 5) is 17.9. The van der Waals surface area contributed by atoms with Crippen molar-refractivity contribution in [2.24, 2.45) is 0 Å². The smallest absolute Gasteiger partial charge is 0.208 e. The number of benzene rings is 5. The van der Waals surface area contributed by atoms with Gasteiger partial charge in [-0.05, 0) is 83.0 Å². The summed E-state index contributed by atoms with van der Waals surface area (Å²) >= 11 is 0. The highest BCUT2D eigenvalue weighted by atomic mass is 19.2. The third-order valence-electron chi connectivity index (χ3n) is 12.6. The van der Waals surface area contributed by atoms with Gasteiger partial charge in [0.25, 0.3) is 0 Å². The first-order valence-corrected chi connectivity index (χ1v) is 22.5. The molecule has 1 unspecified atom stereocenters. The summed E-state index contributed by atoms with van der Waals surface area (Å²) in [5.74, 6) is -10.8. The summed E-state index contributed by atoms with van der Waals surface area (Å²) in [6.45, 7) is -0.971. The van der Waals surface area contributed by atoms with Gasteiger partial charge in [0.15, 0.2) is 12.0 Å². The predicted octanol–water partition coefficient (Wildman–Crippen LogP) is 10.9. The van der Waals surface area contributed by atoms with Gasteiger partial charge in [-0.2, -0.15) is 17.6 Å². The number of fused-ring (bicyclic) bond motifs is 8. The number of aliphatic hydroxyl groups excluding tert-OH is 4. The minimum Gasteiger partial charge on any atom is -0.485 e. The lowest BCUT2D eigenvalue weighted by molar-refractivity contribution is -0.285. The van der Waals surface area contributed by atoms with Crippen molar-refractivity contribution in [1.29, 1.82) is 0 Å². The van der Waals surface area contributed by atoms with Crippen LogP contribution in [0.5, 0.6) is 17.2 Å². The Bertz CT molecular complexity index is 3500. The zero-order chi connectivity index (χ0) is 48.9. The van der Waals surface area contributed by atoms with Gasteiger partial charge in [-0.15, -0.1) is 0 Å². The van der Waals surface area contributed by atoms with Gasteiger partial charge in [0.1, 0.15) is 36.8 Å². The van der Waals surface area contributed by atoms with E-state index in [0.717, 1.165) is 61.3 Å². The maximum absolute atomic E-state index is 15.6. The number of hydrogen-bond donors (Lipinski definition) is 6. The molecular weight excluding hydrogens is 917 g/mol. The standard InChI is InChI=1S/C56H40F4N4O7/c57-47-49(59)55(50(60)48(58)54(47)69-28-42-51(65)52(66)53(67)56(68)71-42)70-33-18-16-32(17-19-33)46-40-26-24-38(63-40)44(30-12-6-2-7-13-30)36-22-20-34(61-36)43(29-10-4-1-5-11-29)35-21-23-37(62-35)45(31-14-8-3-9-15-31)39-25-27-41(46)64-39/h1-27,42,51-53,56,61,64-68H,28H2/t42-,51+,52+,53-,56?/m1/s1. The van der Waals surface area contributed by atoms with Gasteiger partial charge < -0.3 is 44.6 Å². The van der Waals surface area contributed by atoms with E-state index in [1.165, 1.54) is 12.1 Å². The maximum atomic E-state index is 15.6. The number of halogens is 4. The fourth-order valence-corrected chi connectivity index (χ4v) is 9.08. The van der Waals surface area contributed by atoms with Gasteiger partial charge in [-0.3, -0.25) is 0 Å². The van der Waals surface area contributed by atoms with Crippen LogP contribution < -0.4 is 9.47 Å². The minimum absolute atomic E-state index is 0.178. The number of aromatic amines is 2. The number of nitrogens with one attached hydrogen (secondary N) is 2. The number of H-pyrrole nitrogens is 2. The fourth-order valence-electron chi connectivity index (χ4n) is 9.08. The van der Waals surface area contributed by atoms with E-state index in [1.807, 2.05) is 127 Å². The van der Waals surface area contributed by atoms with E-state index in [2.05, 4.69) is 22.1 Å². The van der Waals surface area contributed by atoms with Crippen LogP contribution in [0, 0.1) is 23.3 Å². The molecule has 5 aromatic carbocycles. The third-order valence-corrected chi connectivity index (χ3v) is 12.6. The molecule has 1 saturated heterocycles. The normalized spacial score (nSPS) is 18.5. The quantitative estimate of drug-likeness (QED) is 0.0610. The van der Waals surface area contributed by atoms with Crippen molar-refractivity contribution >= 4 is 46.4 Å². The molecule has 15 heteroatoms. The molecule has 1 fully saturated rings. The number of ether oxygens (including phenoxy) is 3. The Morgan fingerprint density at radius 3 is 1.20 bits per heavy atom. The van der Waals surface area contributed by atoms with Crippen LogP contribution in [0.2, 0.25) is 0 Å². The minimum atomic E-state index is -1.99. The van der Waals surface area contributed by atoms with Crippen LogP contribution in [0.3, 0.4) is 0 Å². The Morgan fingerprint density at radius 2 is 0.803 bits per heavy atom. The Balaban J connectivity index is 1.05. The van der Waals surface area contributed by atoms with Crippen LogP contribution in [0.4, 0.5) is 17.6 Å². The Morgan fingerprint density at radius 1 is 0.437 bits per heavy atom. The van der Waals surface area contributed by atoms with E-state index in [9.17, 15) is 20.4 Å². The largest absolute Gasteiger partial charge is 0.485 e. The maximum Gasteiger partial charge on any atom is 0.208 e. The molecule has 0 amide bonds. The van der Waals surface area contributed by atoms with Crippen LogP contribution >= 0.6 is 0 Å².